The van der Waals surface area contributed by atoms with Gasteiger partial charge < -0.3 is 9.47 Å². The Hall–Kier alpha value is -4.19. The van der Waals surface area contributed by atoms with Crippen molar-refractivity contribution < 1.29 is 19.1 Å². The number of hydrogen-bond donors (Lipinski definition) is 1. The summed E-state index contributed by atoms with van der Waals surface area (Å²) in [5, 5.41) is 10.6. The summed E-state index contributed by atoms with van der Waals surface area (Å²) < 4.78 is 11.0. The fourth-order valence-electron chi connectivity index (χ4n) is 2.04. The Labute approximate surface area is 194 Å². The molecule has 1 N–H and O–H groups in total. The van der Waals surface area contributed by atoms with Gasteiger partial charge in [0.2, 0.25) is 0 Å². The number of carbonyl (C=O) groups excluding carboxylic acids is 2. The number of nitrogens with one attached hydrogen (secondary N) is 1. The van der Waals surface area contributed by atoms with Crippen molar-refractivity contribution in [2.45, 2.75) is 13.8 Å². The van der Waals surface area contributed by atoms with Crippen LogP contribution in [-0.4, -0.2) is 65.1 Å². The molecule has 4 aromatic heterocycles. The maximum absolute atomic E-state index is 11.4. The molecule has 0 bridgehead atoms. The highest BCUT2D eigenvalue weighted by molar-refractivity contribution is 6.29. The van der Waals surface area contributed by atoms with Crippen LogP contribution >= 0.6 is 11.6 Å². The van der Waals surface area contributed by atoms with Gasteiger partial charge in [-0.1, -0.05) is 11.6 Å². The number of esters is 2. The molecule has 13 heteroatoms. The van der Waals surface area contributed by atoms with Crippen LogP contribution < -0.4 is 0 Å². The molecule has 0 atom stereocenters. The standard InChI is InChI=1S/C10H10N4O2.C6H8N2O2.C4H3ClN2/c1-2-16-10(15)8-5-13-14(6-8)9-3-4-11-7-12-9;1-2-10-6(9)5-3-7-8-4-5;5-4-1-2-6-3-7-4/h3-7H,2H2,1H3;3-4H,2H2,1H3,(H,7,8);1-3H. The van der Waals surface area contributed by atoms with E-state index in [1.165, 1.54) is 35.9 Å². The quantitative estimate of drug-likeness (QED) is 0.339. The van der Waals surface area contributed by atoms with Crippen LogP contribution in [0.3, 0.4) is 0 Å². The van der Waals surface area contributed by atoms with Crippen LogP contribution in [0.1, 0.15) is 34.6 Å². The van der Waals surface area contributed by atoms with E-state index in [0.29, 0.717) is 35.3 Å². The highest BCUT2D eigenvalue weighted by Crippen LogP contribution is 2.05. The zero-order valence-electron chi connectivity index (χ0n) is 17.8. The normalized spacial score (nSPS) is 9.55. The fourth-order valence-corrected chi connectivity index (χ4v) is 2.14. The molecule has 0 aliphatic carbocycles. The summed E-state index contributed by atoms with van der Waals surface area (Å²) in [5.74, 6) is -0.121. The Morgan fingerprint density at radius 3 is 2.12 bits per heavy atom. The molecule has 0 aromatic carbocycles. The molecule has 33 heavy (non-hydrogen) atoms. The number of nitrogens with zero attached hydrogens (tertiary/aromatic N) is 7. The largest absolute Gasteiger partial charge is 0.462 e. The lowest BCUT2D eigenvalue weighted by molar-refractivity contribution is 0.0516. The van der Waals surface area contributed by atoms with Crippen molar-refractivity contribution in [2.24, 2.45) is 0 Å². The number of rotatable bonds is 5. The van der Waals surface area contributed by atoms with Crippen molar-refractivity contribution in [3.8, 4) is 5.82 Å². The van der Waals surface area contributed by atoms with E-state index < -0.39 is 0 Å². The van der Waals surface area contributed by atoms with Gasteiger partial charge >= 0.3 is 11.9 Å². The molecule has 4 rings (SSSR count). The van der Waals surface area contributed by atoms with Gasteiger partial charge in [0.05, 0.1) is 36.7 Å². The Morgan fingerprint density at radius 1 is 0.970 bits per heavy atom. The van der Waals surface area contributed by atoms with Crippen molar-refractivity contribution in [1.82, 2.24) is 39.9 Å². The molecular weight excluding hydrogens is 452 g/mol. The van der Waals surface area contributed by atoms with E-state index >= 15 is 0 Å². The third-order valence-electron chi connectivity index (χ3n) is 3.45. The van der Waals surface area contributed by atoms with Gasteiger partial charge in [0.15, 0.2) is 5.82 Å². The van der Waals surface area contributed by atoms with Gasteiger partial charge in [-0.15, -0.1) is 0 Å². The average Bonchev–Trinajstić information content (AvgIpc) is 3.54. The van der Waals surface area contributed by atoms with Gasteiger partial charge in [0.25, 0.3) is 0 Å². The van der Waals surface area contributed by atoms with Gasteiger partial charge in [-0.2, -0.15) is 10.2 Å². The third kappa shape index (κ3) is 8.83. The molecule has 12 nitrogen and oxygen atoms in total. The molecular formula is C20H21ClN8O4. The topological polar surface area (TPSA) is 151 Å². The Morgan fingerprint density at radius 2 is 1.64 bits per heavy atom. The zero-order valence-corrected chi connectivity index (χ0v) is 18.6. The molecule has 0 radical (unpaired) electrons. The van der Waals surface area contributed by atoms with E-state index in [4.69, 9.17) is 16.3 Å². The average molecular weight is 473 g/mol. The predicted octanol–water partition coefficient (Wildman–Crippen LogP) is 2.56. The summed E-state index contributed by atoms with van der Waals surface area (Å²) in [6.45, 7) is 4.26. The summed E-state index contributed by atoms with van der Waals surface area (Å²) in [5.41, 5.74) is 0.863. The van der Waals surface area contributed by atoms with Gasteiger partial charge in [0, 0.05) is 30.9 Å². The Kier molecular flexibility index (Phi) is 10.6. The lowest BCUT2D eigenvalue weighted by Crippen LogP contribution is -2.03. The second-order valence-electron chi connectivity index (χ2n) is 5.70. The van der Waals surface area contributed by atoms with Crippen LogP contribution in [0.25, 0.3) is 5.82 Å². The number of hydrogen-bond acceptors (Lipinski definition) is 10. The van der Waals surface area contributed by atoms with E-state index in [1.54, 1.807) is 44.6 Å². The molecule has 0 aliphatic heterocycles. The molecule has 0 fully saturated rings. The Balaban J connectivity index is 0.000000193. The van der Waals surface area contributed by atoms with Gasteiger partial charge in [-0.05, 0) is 19.9 Å². The molecule has 0 spiro atoms. The van der Waals surface area contributed by atoms with Gasteiger partial charge in [-0.3, -0.25) is 5.10 Å². The van der Waals surface area contributed by atoms with Crippen LogP contribution in [0.5, 0.6) is 0 Å². The van der Waals surface area contributed by atoms with Crippen LogP contribution in [-0.2, 0) is 9.47 Å². The van der Waals surface area contributed by atoms with E-state index in [2.05, 4.69) is 40.0 Å². The summed E-state index contributed by atoms with van der Waals surface area (Å²) in [4.78, 5) is 37.3. The number of aromatic nitrogens is 8. The summed E-state index contributed by atoms with van der Waals surface area (Å²) >= 11 is 5.39. The highest BCUT2D eigenvalue weighted by Gasteiger charge is 2.10. The minimum atomic E-state index is -0.386. The third-order valence-corrected chi connectivity index (χ3v) is 3.67. The van der Waals surface area contributed by atoms with Crippen molar-refractivity contribution in [2.75, 3.05) is 13.2 Å². The van der Waals surface area contributed by atoms with Gasteiger partial charge in [-0.25, -0.2) is 34.2 Å². The van der Waals surface area contributed by atoms with E-state index in [1.807, 2.05) is 0 Å². The Bertz CT molecular complexity index is 1090. The van der Waals surface area contributed by atoms with Crippen LogP contribution in [0.2, 0.25) is 5.15 Å². The fraction of sp³-hybridized carbons (Fsp3) is 0.200. The van der Waals surface area contributed by atoms with Crippen molar-refractivity contribution in [3.63, 3.8) is 0 Å². The number of aromatic amines is 1. The predicted molar refractivity (Wildman–Crippen MR) is 117 cm³/mol. The number of halogens is 1. The molecule has 0 amide bonds. The lowest BCUT2D eigenvalue weighted by Gasteiger charge is -1.98. The molecule has 0 saturated carbocycles. The SMILES string of the molecule is CCOC(=O)c1cn[nH]c1.CCOC(=O)c1cnn(-c2ccncn2)c1.Clc1ccncn1. The first-order chi connectivity index (χ1) is 16.0. The molecule has 4 aromatic rings. The second kappa shape index (κ2) is 14.0. The number of H-pyrrole nitrogens is 1. The van der Waals surface area contributed by atoms with E-state index in [0.717, 1.165) is 0 Å². The maximum atomic E-state index is 11.4. The summed E-state index contributed by atoms with van der Waals surface area (Å²) in [6.07, 6.45) is 12.0. The monoisotopic (exact) mass is 472 g/mol. The minimum Gasteiger partial charge on any atom is -0.462 e. The van der Waals surface area contributed by atoms with Crippen LogP contribution in [0.15, 0.2) is 62.0 Å². The van der Waals surface area contributed by atoms with Crippen LogP contribution in [0.4, 0.5) is 0 Å². The number of carbonyl (C=O) groups is 2. The lowest BCUT2D eigenvalue weighted by atomic mass is 10.4. The van der Waals surface area contributed by atoms with E-state index in [-0.39, 0.29) is 11.9 Å². The van der Waals surface area contributed by atoms with Crippen molar-refractivity contribution in [3.05, 3.63) is 78.2 Å². The summed E-state index contributed by atoms with van der Waals surface area (Å²) in [6, 6.07) is 3.32. The molecule has 0 saturated heterocycles. The molecule has 0 aliphatic rings. The first-order valence-electron chi connectivity index (χ1n) is 9.60. The molecule has 0 unspecified atom stereocenters. The van der Waals surface area contributed by atoms with E-state index in [9.17, 15) is 9.59 Å². The van der Waals surface area contributed by atoms with Gasteiger partial charge in [0.1, 0.15) is 17.8 Å². The zero-order chi connectivity index (χ0) is 23.9. The smallest absolute Gasteiger partial charge is 0.341 e. The molecule has 4 heterocycles. The summed E-state index contributed by atoms with van der Waals surface area (Å²) in [7, 11) is 0. The first-order valence-corrected chi connectivity index (χ1v) is 9.98. The highest BCUT2D eigenvalue weighted by atomic mass is 35.5. The first kappa shape index (κ1) is 25.1. The minimum absolute atomic E-state index is 0.337. The second-order valence-corrected chi connectivity index (χ2v) is 6.09. The van der Waals surface area contributed by atoms with Crippen LogP contribution in [0, 0.1) is 0 Å². The van der Waals surface area contributed by atoms with Crippen molar-refractivity contribution >= 4 is 23.5 Å². The maximum Gasteiger partial charge on any atom is 0.341 e. The molecule has 172 valence electrons. The van der Waals surface area contributed by atoms with Crippen molar-refractivity contribution in [1.29, 1.82) is 0 Å². The number of ether oxygens (including phenoxy) is 2.